The second kappa shape index (κ2) is 2.66. The van der Waals surface area contributed by atoms with Crippen LogP contribution in [0.2, 0.25) is 0 Å². The van der Waals surface area contributed by atoms with E-state index in [1.807, 2.05) is 20.8 Å². The Kier molecular flexibility index (Phi) is 2.00. The van der Waals surface area contributed by atoms with Gasteiger partial charge in [0.25, 0.3) is 0 Å². The zero-order chi connectivity index (χ0) is 8.48. The van der Waals surface area contributed by atoms with Crippen LogP contribution in [-0.4, -0.2) is 17.7 Å². The Hall–Kier alpha value is -0.830. The summed E-state index contributed by atoms with van der Waals surface area (Å²) in [6.45, 7) is 5.85. The van der Waals surface area contributed by atoms with Crippen molar-refractivity contribution in [3.63, 3.8) is 0 Å². The maximum atomic E-state index is 10.7. The zero-order valence-electron chi connectivity index (χ0n) is 7.05. The van der Waals surface area contributed by atoms with Crippen LogP contribution >= 0.6 is 0 Å². The van der Waals surface area contributed by atoms with E-state index in [1.165, 1.54) is 6.08 Å². The molecular formula is C8H13NO2. The number of carbonyl (C=O) groups excluding carboxylic acids is 1. The van der Waals surface area contributed by atoms with E-state index >= 15 is 0 Å². The molecule has 0 fully saturated rings. The van der Waals surface area contributed by atoms with E-state index in [0.29, 0.717) is 0 Å². The predicted molar refractivity (Wildman–Crippen MR) is 41.9 cm³/mol. The monoisotopic (exact) mass is 155 g/mol. The van der Waals surface area contributed by atoms with Gasteiger partial charge >= 0.3 is 0 Å². The number of rotatable bonds is 1. The summed E-state index contributed by atoms with van der Waals surface area (Å²) in [5.74, 6) is -0.0840. The first kappa shape index (κ1) is 8.27. The topological polar surface area (TPSA) is 38.3 Å². The van der Waals surface area contributed by atoms with E-state index in [0.717, 1.165) is 0 Å². The van der Waals surface area contributed by atoms with Crippen molar-refractivity contribution in [2.75, 3.05) is 0 Å². The van der Waals surface area contributed by atoms with E-state index in [9.17, 15) is 4.79 Å². The molecule has 0 saturated heterocycles. The molecule has 1 heterocycles. The lowest BCUT2D eigenvalue weighted by Crippen LogP contribution is -2.35. The van der Waals surface area contributed by atoms with Gasteiger partial charge in [0.1, 0.15) is 0 Å². The molecule has 62 valence electrons. The van der Waals surface area contributed by atoms with Crippen molar-refractivity contribution in [3.05, 3.63) is 12.2 Å². The van der Waals surface area contributed by atoms with Gasteiger partial charge in [-0.25, -0.2) is 0 Å². The Bertz CT molecular complexity index is 191. The van der Waals surface area contributed by atoms with Crippen LogP contribution in [0.25, 0.3) is 0 Å². The third kappa shape index (κ3) is 2.72. The average Bonchev–Trinajstić information content (AvgIpc) is 2.10. The summed E-state index contributed by atoms with van der Waals surface area (Å²) >= 11 is 0. The van der Waals surface area contributed by atoms with Crippen molar-refractivity contribution in [1.29, 1.82) is 0 Å². The molecule has 0 saturated carbocycles. The second-order valence-corrected chi connectivity index (χ2v) is 3.52. The largest absolute Gasteiger partial charge is 0.349 e. The molecule has 0 bridgehead atoms. The van der Waals surface area contributed by atoms with Crippen molar-refractivity contribution in [3.8, 4) is 0 Å². The van der Waals surface area contributed by atoms with Gasteiger partial charge in [-0.05, 0) is 26.8 Å². The number of carbonyl (C=O) groups is 1. The highest BCUT2D eigenvalue weighted by Gasteiger charge is 2.20. The third-order valence-corrected chi connectivity index (χ3v) is 1.19. The van der Waals surface area contributed by atoms with Crippen molar-refractivity contribution in [2.45, 2.75) is 32.6 Å². The molecule has 1 unspecified atom stereocenters. The van der Waals surface area contributed by atoms with E-state index in [-0.39, 0.29) is 17.7 Å². The van der Waals surface area contributed by atoms with E-state index in [2.05, 4.69) is 5.32 Å². The van der Waals surface area contributed by atoms with Crippen molar-refractivity contribution >= 4 is 5.91 Å². The first-order valence-electron chi connectivity index (χ1n) is 3.64. The molecule has 1 N–H and O–H groups in total. The molecule has 1 rings (SSSR count). The van der Waals surface area contributed by atoms with Crippen LogP contribution in [-0.2, 0) is 9.53 Å². The normalized spacial score (nSPS) is 23.9. The Labute approximate surface area is 66.4 Å². The molecule has 0 spiro atoms. The quantitative estimate of drug-likeness (QED) is 0.608. The predicted octanol–water partition coefficient (Wildman–Crippen LogP) is 0.814. The highest BCUT2D eigenvalue weighted by Crippen LogP contribution is 2.11. The van der Waals surface area contributed by atoms with Gasteiger partial charge in [-0.2, -0.15) is 0 Å². The smallest absolute Gasteiger partial charge is 0.246 e. The lowest BCUT2D eigenvalue weighted by molar-refractivity contribution is -0.121. The first-order chi connectivity index (χ1) is 4.97. The van der Waals surface area contributed by atoms with Gasteiger partial charge in [-0.3, -0.25) is 4.79 Å². The van der Waals surface area contributed by atoms with Crippen LogP contribution in [0.5, 0.6) is 0 Å². The van der Waals surface area contributed by atoms with Gasteiger partial charge in [0, 0.05) is 6.08 Å². The highest BCUT2D eigenvalue weighted by molar-refractivity contribution is 5.90. The number of hydrogen-bond acceptors (Lipinski definition) is 2. The van der Waals surface area contributed by atoms with Gasteiger partial charge in [0.15, 0.2) is 6.23 Å². The summed E-state index contributed by atoms with van der Waals surface area (Å²) in [7, 11) is 0. The number of nitrogens with one attached hydrogen (secondary N) is 1. The highest BCUT2D eigenvalue weighted by atomic mass is 16.5. The zero-order valence-corrected chi connectivity index (χ0v) is 7.05. The lowest BCUT2D eigenvalue weighted by Gasteiger charge is -2.23. The number of amides is 1. The Morgan fingerprint density at radius 2 is 2.18 bits per heavy atom. The minimum absolute atomic E-state index is 0.0840. The molecule has 3 nitrogen and oxygen atoms in total. The molecule has 0 aromatic heterocycles. The molecule has 0 aromatic carbocycles. The number of hydrogen-bond donors (Lipinski definition) is 1. The molecular weight excluding hydrogens is 142 g/mol. The van der Waals surface area contributed by atoms with Gasteiger partial charge in [-0.15, -0.1) is 0 Å². The Morgan fingerprint density at radius 3 is 2.55 bits per heavy atom. The van der Waals surface area contributed by atoms with Crippen LogP contribution in [0, 0.1) is 0 Å². The van der Waals surface area contributed by atoms with Crippen LogP contribution in [0.1, 0.15) is 20.8 Å². The second-order valence-electron chi connectivity index (χ2n) is 3.52. The fourth-order valence-corrected chi connectivity index (χ4v) is 0.861. The van der Waals surface area contributed by atoms with E-state index in [4.69, 9.17) is 4.74 Å². The molecule has 0 aliphatic carbocycles. The van der Waals surface area contributed by atoms with Gasteiger partial charge < -0.3 is 10.1 Å². The summed E-state index contributed by atoms with van der Waals surface area (Å²) < 4.78 is 5.45. The maximum absolute atomic E-state index is 10.7. The van der Waals surface area contributed by atoms with Crippen molar-refractivity contribution < 1.29 is 9.53 Å². The van der Waals surface area contributed by atoms with Crippen LogP contribution in [0.15, 0.2) is 12.2 Å². The SMILES string of the molecule is CC(C)(C)OC1C=CC(=O)N1. The summed E-state index contributed by atoms with van der Waals surface area (Å²) in [5, 5.41) is 2.64. The van der Waals surface area contributed by atoms with E-state index < -0.39 is 0 Å². The third-order valence-electron chi connectivity index (χ3n) is 1.19. The average molecular weight is 155 g/mol. The van der Waals surface area contributed by atoms with Gasteiger partial charge in [0.2, 0.25) is 5.91 Å². The van der Waals surface area contributed by atoms with Crippen LogP contribution in [0.3, 0.4) is 0 Å². The van der Waals surface area contributed by atoms with Crippen molar-refractivity contribution in [2.24, 2.45) is 0 Å². The number of ether oxygens (including phenoxy) is 1. The fraction of sp³-hybridized carbons (Fsp3) is 0.625. The summed E-state index contributed by atoms with van der Waals surface area (Å²) in [6.07, 6.45) is 2.95. The molecule has 1 aliphatic rings. The Balaban J connectivity index is 2.42. The first-order valence-corrected chi connectivity index (χ1v) is 3.64. The Morgan fingerprint density at radius 1 is 1.55 bits per heavy atom. The summed E-state index contributed by atoms with van der Waals surface area (Å²) in [4.78, 5) is 10.7. The summed E-state index contributed by atoms with van der Waals surface area (Å²) in [6, 6.07) is 0. The molecule has 1 amide bonds. The van der Waals surface area contributed by atoms with Crippen LogP contribution < -0.4 is 5.32 Å². The molecule has 1 atom stereocenters. The molecule has 3 heteroatoms. The van der Waals surface area contributed by atoms with Gasteiger partial charge in [0.05, 0.1) is 5.60 Å². The molecule has 1 aliphatic heterocycles. The standard InChI is InChI=1S/C8H13NO2/c1-8(2,3)11-7-5-4-6(10)9-7/h4-5,7H,1-3H3,(H,9,10). The van der Waals surface area contributed by atoms with E-state index in [1.54, 1.807) is 6.08 Å². The van der Waals surface area contributed by atoms with Gasteiger partial charge in [-0.1, -0.05) is 0 Å². The maximum Gasteiger partial charge on any atom is 0.246 e. The fourth-order valence-electron chi connectivity index (χ4n) is 0.861. The lowest BCUT2D eigenvalue weighted by atomic mass is 10.2. The molecule has 0 aromatic rings. The minimum atomic E-state index is -0.248. The van der Waals surface area contributed by atoms with Crippen LogP contribution in [0.4, 0.5) is 0 Å². The molecule has 0 radical (unpaired) electrons. The molecule has 11 heavy (non-hydrogen) atoms. The van der Waals surface area contributed by atoms with Crippen molar-refractivity contribution in [1.82, 2.24) is 5.32 Å². The minimum Gasteiger partial charge on any atom is -0.349 e. The summed E-state index contributed by atoms with van der Waals surface area (Å²) in [5.41, 5.74) is -0.216.